The Morgan fingerprint density at radius 2 is 2.10 bits per heavy atom. The van der Waals surface area contributed by atoms with Crippen molar-refractivity contribution in [3.05, 3.63) is 45.8 Å². The first-order valence-electron chi connectivity index (χ1n) is 11.6. The number of ether oxygens (including phenoxy) is 1. The van der Waals surface area contributed by atoms with Crippen LogP contribution in [0.2, 0.25) is 0 Å². The molecule has 31 heavy (non-hydrogen) atoms. The lowest BCUT2D eigenvalue weighted by Crippen LogP contribution is -2.62. The first kappa shape index (κ1) is 19.2. The van der Waals surface area contributed by atoms with Gasteiger partial charge in [0.1, 0.15) is 11.8 Å². The zero-order valence-corrected chi connectivity index (χ0v) is 18.8. The topological polar surface area (TPSA) is 68.8 Å². The van der Waals surface area contributed by atoms with Crippen molar-refractivity contribution < 1.29 is 14.6 Å². The van der Waals surface area contributed by atoms with Gasteiger partial charge in [0.05, 0.1) is 5.69 Å². The summed E-state index contributed by atoms with van der Waals surface area (Å²) in [6.45, 7) is 8.54. The van der Waals surface area contributed by atoms with Gasteiger partial charge in [-0.25, -0.2) is 0 Å². The fraction of sp³-hybridized carbons (Fsp3) is 0.560. The van der Waals surface area contributed by atoms with Gasteiger partial charge in [0.15, 0.2) is 11.5 Å². The number of nitrogens with one attached hydrogen (secondary N) is 1. The van der Waals surface area contributed by atoms with E-state index < -0.39 is 0 Å². The molecule has 2 aliphatic heterocycles. The molecule has 1 aromatic carbocycles. The number of fused-ring (bicyclic) bond motifs is 2. The summed E-state index contributed by atoms with van der Waals surface area (Å²) in [5.41, 5.74) is 6.50. The van der Waals surface area contributed by atoms with E-state index in [4.69, 9.17) is 4.74 Å². The fourth-order valence-corrected chi connectivity index (χ4v) is 7.17. The number of likely N-dealkylation sites (tertiary alicyclic amines) is 1. The molecule has 164 valence electrons. The molecule has 1 saturated heterocycles. The third-order valence-electron chi connectivity index (χ3n) is 8.75. The van der Waals surface area contributed by atoms with Gasteiger partial charge >= 0.3 is 0 Å². The van der Waals surface area contributed by atoms with Crippen LogP contribution in [0.4, 0.5) is 0 Å². The van der Waals surface area contributed by atoms with E-state index in [2.05, 4.69) is 29.9 Å². The lowest BCUT2D eigenvalue weighted by Gasteiger charge is -2.57. The van der Waals surface area contributed by atoms with Crippen LogP contribution >= 0.6 is 0 Å². The molecule has 1 fully saturated rings. The lowest BCUT2D eigenvalue weighted by atomic mass is 9.51. The predicted octanol–water partition coefficient (Wildman–Crippen LogP) is 3.31. The Balaban J connectivity index is 1.56. The second-order valence-corrected chi connectivity index (χ2v) is 9.79. The molecule has 1 spiro atoms. The number of aromatic nitrogens is 1. The number of amides is 1. The Hall–Kier alpha value is -2.47. The van der Waals surface area contributed by atoms with Gasteiger partial charge in [-0.3, -0.25) is 4.79 Å². The van der Waals surface area contributed by atoms with Crippen LogP contribution in [0.15, 0.2) is 12.1 Å². The molecule has 4 aliphatic rings. The summed E-state index contributed by atoms with van der Waals surface area (Å²) in [5.74, 6) is 1.40. The molecule has 4 atom stereocenters. The van der Waals surface area contributed by atoms with Crippen LogP contribution in [0.3, 0.4) is 0 Å². The van der Waals surface area contributed by atoms with Crippen LogP contribution in [0.25, 0.3) is 0 Å². The van der Waals surface area contributed by atoms with Crippen molar-refractivity contribution in [1.82, 2.24) is 14.8 Å². The molecule has 0 saturated carbocycles. The van der Waals surface area contributed by atoms with Crippen LogP contribution < -0.4 is 4.74 Å². The summed E-state index contributed by atoms with van der Waals surface area (Å²) >= 11 is 0. The Morgan fingerprint density at radius 3 is 2.84 bits per heavy atom. The zero-order chi connectivity index (χ0) is 21.7. The van der Waals surface area contributed by atoms with Crippen molar-refractivity contribution in [3.8, 4) is 11.5 Å². The molecule has 1 aromatic heterocycles. The van der Waals surface area contributed by atoms with Gasteiger partial charge < -0.3 is 24.6 Å². The average Bonchev–Trinajstić information content (AvgIpc) is 3.28. The number of H-pyrrole nitrogens is 1. The molecule has 2 N–H and O–H groups in total. The van der Waals surface area contributed by atoms with E-state index in [1.165, 1.54) is 16.7 Å². The van der Waals surface area contributed by atoms with E-state index >= 15 is 0 Å². The van der Waals surface area contributed by atoms with Gasteiger partial charge in [-0.1, -0.05) is 6.07 Å². The summed E-state index contributed by atoms with van der Waals surface area (Å²) in [6, 6.07) is 4.33. The maximum absolute atomic E-state index is 13.3. The Kier molecular flexibility index (Phi) is 3.90. The van der Waals surface area contributed by atoms with Crippen LogP contribution in [-0.4, -0.2) is 58.5 Å². The summed E-state index contributed by atoms with van der Waals surface area (Å²) in [6.07, 6.45) is 2.78. The number of carbonyl (C=O) groups excluding carboxylic acids is 1. The van der Waals surface area contributed by atoms with Crippen LogP contribution in [0.1, 0.15) is 64.8 Å². The summed E-state index contributed by atoms with van der Waals surface area (Å²) in [7, 11) is 2.24. The number of carbonyl (C=O) groups is 1. The lowest BCUT2D eigenvalue weighted by molar-refractivity contribution is -0.0256. The highest BCUT2D eigenvalue weighted by molar-refractivity contribution is 5.94. The highest BCUT2D eigenvalue weighted by Gasteiger charge is 2.65. The monoisotopic (exact) mass is 421 g/mol. The molecule has 4 unspecified atom stereocenters. The van der Waals surface area contributed by atoms with Gasteiger partial charge in [0.25, 0.3) is 5.91 Å². The second-order valence-electron chi connectivity index (χ2n) is 9.79. The molecular weight excluding hydrogens is 390 g/mol. The molecule has 6 nitrogen and oxygen atoms in total. The first-order valence-corrected chi connectivity index (χ1v) is 11.6. The number of nitrogens with zero attached hydrogens (tertiary/aromatic N) is 2. The predicted molar refractivity (Wildman–Crippen MR) is 118 cm³/mol. The maximum Gasteiger partial charge on any atom is 0.270 e. The Bertz CT molecular complexity index is 1100. The third kappa shape index (κ3) is 2.19. The van der Waals surface area contributed by atoms with E-state index in [-0.39, 0.29) is 23.2 Å². The zero-order valence-electron chi connectivity index (χ0n) is 18.8. The van der Waals surface area contributed by atoms with Crippen molar-refractivity contribution in [2.45, 2.75) is 57.6 Å². The maximum atomic E-state index is 13.3. The molecular formula is C25H31N3O3. The van der Waals surface area contributed by atoms with E-state index in [0.717, 1.165) is 37.1 Å². The fourth-order valence-electron chi connectivity index (χ4n) is 7.17. The third-order valence-corrected chi connectivity index (χ3v) is 8.75. The van der Waals surface area contributed by atoms with E-state index in [1.807, 2.05) is 18.7 Å². The number of hydrogen-bond acceptors (Lipinski definition) is 4. The second kappa shape index (κ2) is 6.28. The van der Waals surface area contributed by atoms with Gasteiger partial charge in [-0.05, 0) is 82.3 Å². The number of aromatic hydroxyl groups is 1. The molecule has 2 aliphatic carbocycles. The van der Waals surface area contributed by atoms with Crippen molar-refractivity contribution in [3.63, 3.8) is 0 Å². The molecule has 6 heteroatoms. The Morgan fingerprint density at radius 1 is 1.32 bits per heavy atom. The standard InChI is InChI=1S/C25H31N3O3/c1-5-28(6-2)24(30)20-13(3)15-12-16-17-11-14-7-8-18(29)22-19(14)25(16,9-10-27(17)4)23(31-22)21(15)26-20/h7-8,16-17,23,26,29H,5-6,9-12H2,1-4H3. The highest BCUT2D eigenvalue weighted by Crippen LogP contribution is 2.67. The quantitative estimate of drug-likeness (QED) is 0.798. The smallest absolute Gasteiger partial charge is 0.270 e. The van der Waals surface area contributed by atoms with Crippen LogP contribution in [0, 0.1) is 12.8 Å². The minimum atomic E-state index is -0.170. The number of rotatable bonds is 3. The van der Waals surface area contributed by atoms with Crippen LogP contribution in [0.5, 0.6) is 11.5 Å². The summed E-state index contributed by atoms with van der Waals surface area (Å²) in [5, 5.41) is 10.7. The number of hydrogen-bond donors (Lipinski definition) is 2. The van der Waals surface area contributed by atoms with Crippen LogP contribution in [-0.2, 0) is 18.3 Å². The van der Waals surface area contributed by atoms with E-state index in [9.17, 15) is 9.90 Å². The van der Waals surface area contributed by atoms with Crippen molar-refractivity contribution in [2.24, 2.45) is 5.92 Å². The van der Waals surface area contributed by atoms with Crippen molar-refractivity contribution >= 4 is 5.91 Å². The summed E-state index contributed by atoms with van der Waals surface area (Å²) < 4.78 is 6.61. The number of phenolic OH excluding ortho intramolecular Hbond substituents is 1. The van der Waals surface area contributed by atoms with E-state index in [0.29, 0.717) is 36.5 Å². The number of likely N-dealkylation sites (N-methyl/N-ethyl adjacent to an activating group) is 1. The molecule has 2 bridgehead atoms. The number of aromatic amines is 1. The molecule has 0 radical (unpaired) electrons. The van der Waals surface area contributed by atoms with Gasteiger partial charge in [0.2, 0.25) is 0 Å². The number of piperidine rings is 1. The highest BCUT2D eigenvalue weighted by atomic mass is 16.5. The number of benzene rings is 1. The van der Waals surface area contributed by atoms with Crippen molar-refractivity contribution in [2.75, 3.05) is 26.7 Å². The molecule has 2 aromatic rings. The Labute approximate surface area is 183 Å². The largest absolute Gasteiger partial charge is 0.504 e. The molecule has 3 heterocycles. The first-order chi connectivity index (χ1) is 14.9. The number of phenols is 1. The van der Waals surface area contributed by atoms with Gasteiger partial charge in [-0.2, -0.15) is 0 Å². The van der Waals surface area contributed by atoms with Crippen molar-refractivity contribution in [1.29, 1.82) is 0 Å². The normalized spacial score (nSPS) is 29.9. The minimum Gasteiger partial charge on any atom is -0.504 e. The summed E-state index contributed by atoms with van der Waals surface area (Å²) in [4.78, 5) is 21.2. The van der Waals surface area contributed by atoms with E-state index in [1.54, 1.807) is 6.07 Å². The van der Waals surface area contributed by atoms with Gasteiger partial charge in [-0.15, -0.1) is 0 Å². The minimum absolute atomic E-state index is 0.0662. The SMILES string of the molecule is CCN(CC)C(=O)c1[nH]c2c(c1C)CC1C3Cc4ccc(O)c5c4C1(CCN3C)C2O5. The molecule has 6 rings (SSSR count). The van der Waals surface area contributed by atoms with Gasteiger partial charge in [0, 0.05) is 30.1 Å². The average molecular weight is 422 g/mol. The molecule has 1 amide bonds.